The minimum Gasteiger partial charge on any atom is -0.353 e. The van der Waals surface area contributed by atoms with E-state index in [0.717, 1.165) is 43.3 Å². The molecule has 2 N–H and O–H groups in total. The van der Waals surface area contributed by atoms with Crippen LogP contribution in [0.3, 0.4) is 0 Å². The van der Waals surface area contributed by atoms with Gasteiger partial charge in [-0.3, -0.25) is 0 Å². The van der Waals surface area contributed by atoms with Crippen LogP contribution in [0.25, 0.3) is 5.65 Å². The molecule has 2 aromatic rings. The predicted octanol–water partition coefficient (Wildman–Crippen LogP) is -0.0602. The molecule has 0 unspecified atom stereocenters. The topological polar surface area (TPSA) is 62.7 Å². The van der Waals surface area contributed by atoms with Gasteiger partial charge in [-0.05, 0) is 19.2 Å². The van der Waals surface area contributed by atoms with Crippen molar-refractivity contribution in [1.82, 2.24) is 19.5 Å². The van der Waals surface area contributed by atoms with E-state index in [2.05, 4.69) is 26.9 Å². The van der Waals surface area contributed by atoms with E-state index < -0.39 is 0 Å². The molecule has 0 spiro atoms. The fourth-order valence-electron chi connectivity index (χ4n) is 2.22. The zero-order chi connectivity index (χ0) is 12.5. The van der Waals surface area contributed by atoms with Gasteiger partial charge in [0.1, 0.15) is 5.82 Å². The molecule has 0 bridgehead atoms. The van der Waals surface area contributed by atoms with Gasteiger partial charge in [0.25, 0.3) is 0 Å². The van der Waals surface area contributed by atoms with Gasteiger partial charge in [-0.1, -0.05) is 0 Å². The van der Waals surface area contributed by atoms with Gasteiger partial charge in [-0.15, -0.1) is 5.10 Å². The van der Waals surface area contributed by atoms with Crippen molar-refractivity contribution in [2.24, 2.45) is 5.73 Å². The summed E-state index contributed by atoms with van der Waals surface area (Å²) in [5.74, 6) is 1.01. The van der Waals surface area contributed by atoms with Crippen LogP contribution in [0.5, 0.6) is 0 Å². The van der Waals surface area contributed by atoms with E-state index in [1.54, 1.807) is 0 Å². The van der Waals surface area contributed by atoms with E-state index in [-0.39, 0.29) is 0 Å². The van der Waals surface area contributed by atoms with Crippen LogP contribution in [0.1, 0.15) is 5.69 Å². The highest BCUT2D eigenvalue weighted by molar-refractivity contribution is 5.47. The van der Waals surface area contributed by atoms with E-state index in [1.807, 2.05) is 22.8 Å². The van der Waals surface area contributed by atoms with Gasteiger partial charge in [0.15, 0.2) is 5.65 Å². The number of hydrogen-bond donors (Lipinski definition) is 1. The van der Waals surface area contributed by atoms with Crippen LogP contribution in [-0.4, -0.2) is 52.7 Å². The normalized spacial score (nSPS) is 17.6. The Kier molecular flexibility index (Phi) is 2.89. The maximum absolute atomic E-state index is 5.59. The van der Waals surface area contributed by atoms with E-state index in [9.17, 15) is 0 Å². The molecule has 0 radical (unpaired) electrons. The highest BCUT2D eigenvalue weighted by Gasteiger charge is 2.15. The standard InChI is InChI=1S/C12H18N6/c1-16-4-6-17(7-5-16)12-3-2-11-14-10(8-13)9-18(11)15-12/h2-3,9H,4-8,13H2,1H3. The zero-order valence-corrected chi connectivity index (χ0v) is 10.6. The minimum absolute atomic E-state index is 0.452. The van der Waals surface area contributed by atoms with Crippen molar-refractivity contribution in [2.75, 3.05) is 38.1 Å². The molecule has 96 valence electrons. The molecular weight excluding hydrogens is 228 g/mol. The maximum atomic E-state index is 5.59. The van der Waals surface area contributed by atoms with E-state index in [0.29, 0.717) is 6.54 Å². The summed E-state index contributed by atoms with van der Waals surface area (Å²) in [4.78, 5) is 9.02. The smallest absolute Gasteiger partial charge is 0.153 e. The van der Waals surface area contributed by atoms with Crippen LogP contribution in [0.15, 0.2) is 18.3 Å². The first kappa shape index (κ1) is 11.4. The third-order valence-electron chi connectivity index (χ3n) is 3.39. The largest absolute Gasteiger partial charge is 0.353 e. The van der Waals surface area contributed by atoms with Crippen LogP contribution < -0.4 is 10.6 Å². The molecule has 0 saturated carbocycles. The molecule has 1 aliphatic rings. The molecular formula is C12H18N6. The van der Waals surface area contributed by atoms with Gasteiger partial charge in [-0.25, -0.2) is 9.50 Å². The molecule has 1 fully saturated rings. The lowest BCUT2D eigenvalue weighted by Crippen LogP contribution is -2.44. The summed E-state index contributed by atoms with van der Waals surface area (Å²) in [6, 6.07) is 4.04. The minimum atomic E-state index is 0.452. The fraction of sp³-hybridized carbons (Fsp3) is 0.500. The molecule has 0 atom stereocenters. The van der Waals surface area contributed by atoms with Crippen LogP contribution >= 0.6 is 0 Å². The third-order valence-corrected chi connectivity index (χ3v) is 3.39. The Labute approximate surface area is 106 Å². The molecule has 0 aromatic carbocycles. The lowest BCUT2D eigenvalue weighted by molar-refractivity contribution is 0.311. The molecule has 6 heteroatoms. The average Bonchev–Trinajstić information content (AvgIpc) is 2.81. The Hall–Kier alpha value is -1.66. The van der Waals surface area contributed by atoms with Crippen molar-refractivity contribution >= 4 is 11.5 Å². The quantitative estimate of drug-likeness (QED) is 0.804. The van der Waals surface area contributed by atoms with Crippen LogP contribution in [0.2, 0.25) is 0 Å². The summed E-state index contributed by atoms with van der Waals surface area (Å²) in [5, 5.41) is 4.60. The lowest BCUT2D eigenvalue weighted by Gasteiger charge is -2.32. The summed E-state index contributed by atoms with van der Waals surface area (Å²) in [6.45, 7) is 4.66. The number of nitrogens with zero attached hydrogens (tertiary/aromatic N) is 5. The second kappa shape index (κ2) is 4.55. The van der Waals surface area contributed by atoms with E-state index in [4.69, 9.17) is 5.73 Å². The van der Waals surface area contributed by atoms with Crippen molar-refractivity contribution in [3.8, 4) is 0 Å². The Balaban J connectivity index is 1.88. The summed E-state index contributed by atoms with van der Waals surface area (Å²) in [6.07, 6.45) is 1.90. The summed E-state index contributed by atoms with van der Waals surface area (Å²) < 4.78 is 1.82. The number of piperazine rings is 1. The Morgan fingerprint density at radius 1 is 1.22 bits per heavy atom. The lowest BCUT2D eigenvalue weighted by atomic mass is 10.3. The van der Waals surface area contributed by atoms with Crippen LogP contribution in [0, 0.1) is 0 Å². The van der Waals surface area contributed by atoms with Gasteiger partial charge >= 0.3 is 0 Å². The predicted molar refractivity (Wildman–Crippen MR) is 70.6 cm³/mol. The number of aromatic nitrogens is 3. The van der Waals surface area contributed by atoms with Crippen LogP contribution in [0.4, 0.5) is 5.82 Å². The molecule has 1 aliphatic heterocycles. The molecule has 2 aromatic heterocycles. The first-order valence-electron chi connectivity index (χ1n) is 6.25. The third kappa shape index (κ3) is 2.04. The van der Waals surface area contributed by atoms with Gasteiger partial charge in [-0.2, -0.15) is 0 Å². The Morgan fingerprint density at radius 2 is 2.00 bits per heavy atom. The molecule has 18 heavy (non-hydrogen) atoms. The van der Waals surface area contributed by atoms with Crippen molar-refractivity contribution in [3.63, 3.8) is 0 Å². The van der Waals surface area contributed by atoms with E-state index in [1.165, 1.54) is 0 Å². The van der Waals surface area contributed by atoms with Gasteiger partial charge in [0.05, 0.1) is 11.9 Å². The first-order valence-corrected chi connectivity index (χ1v) is 6.25. The Morgan fingerprint density at radius 3 is 2.72 bits per heavy atom. The number of nitrogens with two attached hydrogens (primary N) is 1. The number of imidazole rings is 1. The van der Waals surface area contributed by atoms with Gasteiger partial charge in [0.2, 0.25) is 0 Å². The summed E-state index contributed by atoms with van der Waals surface area (Å²) >= 11 is 0. The number of likely N-dealkylation sites (N-methyl/N-ethyl adjacent to an activating group) is 1. The van der Waals surface area contributed by atoms with Gasteiger partial charge in [0, 0.05) is 32.7 Å². The molecule has 6 nitrogen and oxygen atoms in total. The van der Waals surface area contributed by atoms with Gasteiger partial charge < -0.3 is 15.5 Å². The second-order valence-electron chi connectivity index (χ2n) is 4.72. The maximum Gasteiger partial charge on any atom is 0.153 e. The first-order chi connectivity index (χ1) is 8.76. The summed E-state index contributed by atoms with van der Waals surface area (Å²) in [7, 11) is 2.15. The number of fused-ring (bicyclic) bond motifs is 1. The van der Waals surface area contributed by atoms with E-state index >= 15 is 0 Å². The highest BCUT2D eigenvalue weighted by Crippen LogP contribution is 2.14. The van der Waals surface area contributed by atoms with Crippen molar-refractivity contribution in [1.29, 1.82) is 0 Å². The SMILES string of the molecule is CN1CCN(c2ccc3nc(CN)cn3n2)CC1. The second-order valence-corrected chi connectivity index (χ2v) is 4.72. The zero-order valence-electron chi connectivity index (χ0n) is 10.6. The number of rotatable bonds is 2. The van der Waals surface area contributed by atoms with Crippen molar-refractivity contribution < 1.29 is 0 Å². The molecule has 3 heterocycles. The van der Waals surface area contributed by atoms with Crippen molar-refractivity contribution in [3.05, 3.63) is 24.0 Å². The monoisotopic (exact) mass is 246 g/mol. The number of anilines is 1. The molecule has 3 rings (SSSR count). The molecule has 0 amide bonds. The Bertz CT molecular complexity index is 540. The molecule has 0 aliphatic carbocycles. The average molecular weight is 246 g/mol. The molecule has 1 saturated heterocycles. The highest BCUT2D eigenvalue weighted by atomic mass is 15.3. The summed E-state index contributed by atoms with van der Waals surface area (Å²) in [5.41, 5.74) is 7.32. The number of hydrogen-bond acceptors (Lipinski definition) is 5. The fourth-order valence-corrected chi connectivity index (χ4v) is 2.22. The van der Waals surface area contributed by atoms with Crippen LogP contribution in [-0.2, 0) is 6.54 Å². The van der Waals surface area contributed by atoms with Crippen molar-refractivity contribution in [2.45, 2.75) is 6.54 Å².